The number of anilines is 1. The maximum Gasteiger partial charge on any atom is 0.224 e. The van der Waals surface area contributed by atoms with E-state index in [1.807, 2.05) is 23.1 Å². The maximum absolute atomic E-state index is 12.7. The molecule has 1 unspecified atom stereocenters. The summed E-state index contributed by atoms with van der Waals surface area (Å²) in [5.74, 6) is 0.265. The Kier molecular flexibility index (Phi) is 5.14. The van der Waals surface area contributed by atoms with Crippen molar-refractivity contribution < 1.29 is 4.79 Å². The molecule has 2 aromatic rings. The van der Waals surface area contributed by atoms with E-state index in [1.54, 1.807) is 0 Å². The molecule has 0 aliphatic carbocycles. The molecule has 0 spiro atoms. The number of fused-ring (bicyclic) bond motifs is 1. The van der Waals surface area contributed by atoms with Gasteiger partial charge in [-0.05, 0) is 35.7 Å². The quantitative estimate of drug-likeness (QED) is 0.897. The molecule has 1 N–H and O–H groups in total. The largest absolute Gasteiger partial charge is 0.381 e. The summed E-state index contributed by atoms with van der Waals surface area (Å²) in [6.45, 7) is 4.39. The van der Waals surface area contributed by atoms with Crippen LogP contribution in [0.2, 0.25) is 5.02 Å². The van der Waals surface area contributed by atoms with Gasteiger partial charge < -0.3 is 10.2 Å². The molecule has 4 nitrogen and oxygen atoms in total. The SMILES string of the molecule is O=C(CC1Cc2ccccc2N1)N1CCN(Cc2ccc(Cl)cc2)CC1. The summed E-state index contributed by atoms with van der Waals surface area (Å²) < 4.78 is 0. The van der Waals surface area contributed by atoms with E-state index in [4.69, 9.17) is 11.6 Å². The number of para-hydroxylation sites is 1. The van der Waals surface area contributed by atoms with Gasteiger partial charge in [0, 0.05) is 55.9 Å². The zero-order chi connectivity index (χ0) is 17.9. The predicted octanol–water partition coefficient (Wildman–Crippen LogP) is 3.41. The molecule has 2 aromatic carbocycles. The monoisotopic (exact) mass is 369 g/mol. The summed E-state index contributed by atoms with van der Waals surface area (Å²) in [5.41, 5.74) is 3.76. The summed E-state index contributed by atoms with van der Waals surface area (Å²) in [7, 11) is 0. The summed E-state index contributed by atoms with van der Waals surface area (Å²) in [4.78, 5) is 17.1. The van der Waals surface area contributed by atoms with Crippen molar-refractivity contribution in [3.63, 3.8) is 0 Å². The predicted molar refractivity (Wildman–Crippen MR) is 105 cm³/mol. The minimum atomic E-state index is 0.229. The molecule has 136 valence electrons. The number of piperazine rings is 1. The molecule has 1 saturated heterocycles. The Bertz CT molecular complexity index is 744. The topological polar surface area (TPSA) is 35.6 Å². The van der Waals surface area contributed by atoms with E-state index in [0.717, 1.165) is 44.2 Å². The van der Waals surface area contributed by atoms with Gasteiger partial charge in [0.25, 0.3) is 0 Å². The van der Waals surface area contributed by atoms with Crippen LogP contribution < -0.4 is 5.32 Å². The molecule has 0 saturated carbocycles. The fraction of sp³-hybridized carbons (Fsp3) is 0.381. The Morgan fingerprint density at radius 1 is 1.04 bits per heavy atom. The van der Waals surface area contributed by atoms with Gasteiger partial charge in [-0.1, -0.05) is 41.9 Å². The number of nitrogens with one attached hydrogen (secondary N) is 1. The first-order valence-electron chi connectivity index (χ1n) is 9.26. The van der Waals surface area contributed by atoms with E-state index in [-0.39, 0.29) is 11.9 Å². The summed E-state index contributed by atoms with van der Waals surface area (Å²) in [6.07, 6.45) is 1.52. The summed E-state index contributed by atoms with van der Waals surface area (Å²) >= 11 is 5.94. The molecule has 1 fully saturated rings. The smallest absolute Gasteiger partial charge is 0.224 e. The molecule has 2 heterocycles. The van der Waals surface area contributed by atoms with Crippen LogP contribution in [0, 0.1) is 0 Å². The van der Waals surface area contributed by atoms with Crippen LogP contribution in [0.3, 0.4) is 0 Å². The molecule has 1 atom stereocenters. The zero-order valence-electron chi connectivity index (χ0n) is 14.8. The normalized spacial score (nSPS) is 19.9. The maximum atomic E-state index is 12.7. The molecule has 26 heavy (non-hydrogen) atoms. The van der Waals surface area contributed by atoms with Crippen molar-refractivity contribution in [1.29, 1.82) is 0 Å². The van der Waals surface area contributed by atoms with Crippen LogP contribution in [0.25, 0.3) is 0 Å². The Morgan fingerprint density at radius 2 is 1.77 bits per heavy atom. The average molecular weight is 370 g/mol. The number of hydrogen-bond donors (Lipinski definition) is 1. The number of benzene rings is 2. The minimum absolute atomic E-state index is 0.229. The molecule has 0 radical (unpaired) electrons. The van der Waals surface area contributed by atoms with Crippen LogP contribution in [0.1, 0.15) is 17.5 Å². The van der Waals surface area contributed by atoms with Crippen molar-refractivity contribution in [2.75, 3.05) is 31.5 Å². The van der Waals surface area contributed by atoms with Crippen LogP contribution in [-0.4, -0.2) is 47.9 Å². The Hall–Kier alpha value is -2.04. The summed E-state index contributed by atoms with van der Waals surface area (Å²) in [6, 6.07) is 16.6. The number of amides is 1. The molecule has 2 aliphatic rings. The first-order valence-corrected chi connectivity index (χ1v) is 9.64. The van der Waals surface area contributed by atoms with Crippen molar-refractivity contribution >= 4 is 23.2 Å². The summed E-state index contributed by atoms with van der Waals surface area (Å²) in [5, 5.41) is 4.25. The van der Waals surface area contributed by atoms with Crippen molar-refractivity contribution in [2.45, 2.75) is 25.4 Å². The Balaban J connectivity index is 1.24. The highest BCUT2D eigenvalue weighted by Crippen LogP contribution is 2.27. The highest BCUT2D eigenvalue weighted by Gasteiger charge is 2.26. The molecule has 0 aromatic heterocycles. The number of carbonyl (C=O) groups excluding carboxylic acids is 1. The standard InChI is InChI=1S/C21H24ClN3O/c22-18-7-5-16(6-8-18)15-24-9-11-25(12-10-24)21(26)14-19-13-17-3-1-2-4-20(17)23-19/h1-8,19,23H,9-15H2. The van der Waals surface area contributed by atoms with Gasteiger partial charge in [-0.2, -0.15) is 0 Å². The van der Waals surface area contributed by atoms with Crippen molar-refractivity contribution in [3.05, 3.63) is 64.7 Å². The van der Waals surface area contributed by atoms with E-state index in [0.29, 0.717) is 6.42 Å². The van der Waals surface area contributed by atoms with E-state index in [9.17, 15) is 4.79 Å². The molecular formula is C21H24ClN3O. The van der Waals surface area contributed by atoms with Gasteiger partial charge in [0.05, 0.1) is 0 Å². The average Bonchev–Trinajstić information content (AvgIpc) is 3.06. The lowest BCUT2D eigenvalue weighted by molar-refractivity contribution is -0.133. The zero-order valence-corrected chi connectivity index (χ0v) is 15.6. The molecule has 0 bridgehead atoms. The lowest BCUT2D eigenvalue weighted by Crippen LogP contribution is -2.49. The van der Waals surface area contributed by atoms with Crippen molar-refractivity contribution in [1.82, 2.24) is 9.80 Å². The molecular weight excluding hydrogens is 346 g/mol. The van der Waals surface area contributed by atoms with Gasteiger partial charge >= 0.3 is 0 Å². The van der Waals surface area contributed by atoms with E-state index in [1.165, 1.54) is 16.8 Å². The van der Waals surface area contributed by atoms with Crippen LogP contribution in [0.4, 0.5) is 5.69 Å². The van der Waals surface area contributed by atoms with Gasteiger partial charge in [-0.25, -0.2) is 0 Å². The molecule has 5 heteroatoms. The molecule has 2 aliphatic heterocycles. The van der Waals surface area contributed by atoms with Gasteiger partial charge in [0.1, 0.15) is 0 Å². The van der Waals surface area contributed by atoms with Crippen LogP contribution in [0.5, 0.6) is 0 Å². The van der Waals surface area contributed by atoms with E-state index >= 15 is 0 Å². The van der Waals surface area contributed by atoms with Crippen LogP contribution >= 0.6 is 11.6 Å². The number of rotatable bonds is 4. The first-order chi connectivity index (χ1) is 12.7. The van der Waals surface area contributed by atoms with Gasteiger partial charge in [0.15, 0.2) is 0 Å². The van der Waals surface area contributed by atoms with Gasteiger partial charge in [-0.3, -0.25) is 9.69 Å². The minimum Gasteiger partial charge on any atom is -0.381 e. The Morgan fingerprint density at radius 3 is 2.50 bits per heavy atom. The highest BCUT2D eigenvalue weighted by molar-refractivity contribution is 6.30. The second kappa shape index (κ2) is 7.68. The molecule has 4 rings (SSSR count). The fourth-order valence-corrected chi connectivity index (χ4v) is 3.97. The van der Waals surface area contributed by atoms with Crippen LogP contribution in [-0.2, 0) is 17.8 Å². The second-order valence-corrected chi connectivity index (χ2v) is 7.63. The van der Waals surface area contributed by atoms with Crippen LogP contribution in [0.15, 0.2) is 48.5 Å². The number of hydrogen-bond acceptors (Lipinski definition) is 3. The third-order valence-corrected chi connectivity index (χ3v) is 5.56. The van der Waals surface area contributed by atoms with Crippen molar-refractivity contribution in [2.24, 2.45) is 0 Å². The first kappa shape index (κ1) is 17.4. The van der Waals surface area contributed by atoms with E-state index in [2.05, 4.69) is 40.5 Å². The third kappa shape index (κ3) is 4.02. The molecule has 1 amide bonds. The number of carbonyl (C=O) groups is 1. The lowest BCUT2D eigenvalue weighted by atomic mass is 10.1. The van der Waals surface area contributed by atoms with E-state index < -0.39 is 0 Å². The van der Waals surface area contributed by atoms with Gasteiger partial charge in [0.2, 0.25) is 5.91 Å². The van der Waals surface area contributed by atoms with Crippen molar-refractivity contribution in [3.8, 4) is 0 Å². The van der Waals surface area contributed by atoms with Gasteiger partial charge in [-0.15, -0.1) is 0 Å². The lowest BCUT2D eigenvalue weighted by Gasteiger charge is -2.35. The fourth-order valence-electron chi connectivity index (χ4n) is 3.84. The number of nitrogens with zero attached hydrogens (tertiary/aromatic N) is 2. The third-order valence-electron chi connectivity index (χ3n) is 5.31. The second-order valence-electron chi connectivity index (χ2n) is 7.19. The highest BCUT2D eigenvalue weighted by atomic mass is 35.5. The number of halogens is 1. The Labute approximate surface area is 159 Å².